The van der Waals surface area contributed by atoms with Gasteiger partial charge in [-0.15, -0.1) is 10.2 Å². The predicted octanol–water partition coefficient (Wildman–Crippen LogP) is 4.33. The van der Waals surface area contributed by atoms with Crippen molar-refractivity contribution in [2.45, 2.75) is 13.1 Å². The van der Waals surface area contributed by atoms with E-state index in [4.69, 9.17) is 4.74 Å². The lowest BCUT2D eigenvalue weighted by atomic mass is 10.2. The van der Waals surface area contributed by atoms with Crippen molar-refractivity contribution in [1.29, 1.82) is 0 Å². The minimum Gasteiger partial charge on any atom is -0.496 e. The molecule has 0 aliphatic heterocycles. The van der Waals surface area contributed by atoms with Crippen molar-refractivity contribution in [3.63, 3.8) is 0 Å². The molecular formula is C19H18BrFN4O2S. The summed E-state index contributed by atoms with van der Waals surface area (Å²) in [4.78, 5) is 14.3. The van der Waals surface area contributed by atoms with Gasteiger partial charge in [-0.2, -0.15) is 0 Å². The van der Waals surface area contributed by atoms with Gasteiger partial charge in [0.05, 0.1) is 13.7 Å². The number of halogens is 2. The van der Waals surface area contributed by atoms with Gasteiger partial charge in [0.25, 0.3) is 5.91 Å². The molecule has 0 radical (unpaired) electrons. The molecule has 2 aromatic carbocycles. The van der Waals surface area contributed by atoms with Gasteiger partial charge in [-0.3, -0.25) is 9.69 Å². The Balaban J connectivity index is 1.61. The lowest BCUT2D eigenvalue weighted by Gasteiger charge is -2.17. The van der Waals surface area contributed by atoms with E-state index in [0.29, 0.717) is 18.8 Å². The average molecular weight is 465 g/mol. The Hall–Kier alpha value is -2.36. The van der Waals surface area contributed by atoms with Gasteiger partial charge in [-0.25, -0.2) is 4.39 Å². The van der Waals surface area contributed by atoms with Crippen LogP contribution in [0.2, 0.25) is 0 Å². The average Bonchev–Trinajstić information content (AvgIpc) is 3.12. The lowest BCUT2D eigenvalue weighted by Crippen LogP contribution is -2.17. The molecule has 146 valence electrons. The van der Waals surface area contributed by atoms with Crippen molar-refractivity contribution in [2.24, 2.45) is 0 Å². The summed E-state index contributed by atoms with van der Waals surface area (Å²) >= 11 is 4.70. The largest absolute Gasteiger partial charge is 0.496 e. The van der Waals surface area contributed by atoms with Crippen molar-refractivity contribution in [1.82, 2.24) is 15.1 Å². The number of ether oxygens (including phenoxy) is 1. The van der Waals surface area contributed by atoms with Crippen LogP contribution in [0.25, 0.3) is 0 Å². The van der Waals surface area contributed by atoms with Crippen LogP contribution in [0.4, 0.5) is 10.1 Å². The molecule has 0 fully saturated rings. The van der Waals surface area contributed by atoms with Crippen molar-refractivity contribution >= 4 is 38.9 Å². The van der Waals surface area contributed by atoms with Crippen LogP contribution in [-0.2, 0) is 13.1 Å². The Kier molecular flexibility index (Phi) is 6.71. The second kappa shape index (κ2) is 9.22. The van der Waals surface area contributed by atoms with E-state index in [1.54, 1.807) is 7.11 Å². The van der Waals surface area contributed by atoms with Crippen LogP contribution in [0.15, 0.2) is 46.9 Å². The van der Waals surface area contributed by atoms with Crippen LogP contribution in [0.5, 0.6) is 5.75 Å². The molecule has 1 heterocycles. The van der Waals surface area contributed by atoms with Crippen LogP contribution in [-0.4, -0.2) is 35.2 Å². The van der Waals surface area contributed by atoms with Crippen LogP contribution in [0.3, 0.4) is 0 Å². The Bertz CT molecular complexity index is 965. The van der Waals surface area contributed by atoms with Crippen LogP contribution in [0.1, 0.15) is 20.4 Å². The van der Waals surface area contributed by atoms with E-state index in [-0.39, 0.29) is 16.7 Å². The molecule has 3 rings (SSSR count). The summed E-state index contributed by atoms with van der Waals surface area (Å²) in [6, 6.07) is 11.4. The zero-order valence-corrected chi connectivity index (χ0v) is 17.7. The second-order valence-electron chi connectivity index (χ2n) is 6.09. The number of anilines is 1. The van der Waals surface area contributed by atoms with E-state index in [1.165, 1.54) is 35.6 Å². The Morgan fingerprint density at radius 3 is 2.68 bits per heavy atom. The summed E-state index contributed by atoms with van der Waals surface area (Å²) in [6.07, 6.45) is 0. The predicted molar refractivity (Wildman–Crippen MR) is 110 cm³/mol. The monoisotopic (exact) mass is 464 g/mol. The zero-order valence-electron chi connectivity index (χ0n) is 15.3. The van der Waals surface area contributed by atoms with Crippen molar-refractivity contribution in [3.8, 4) is 5.75 Å². The van der Waals surface area contributed by atoms with Crippen molar-refractivity contribution in [2.75, 3.05) is 19.5 Å². The molecule has 9 heteroatoms. The molecule has 0 saturated carbocycles. The van der Waals surface area contributed by atoms with Gasteiger partial charge in [0.1, 0.15) is 16.6 Å². The lowest BCUT2D eigenvalue weighted by molar-refractivity contribution is 0.102. The summed E-state index contributed by atoms with van der Waals surface area (Å²) in [5.74, 6) is 0.0830. The number of nitrogens with one attached hydrogen (secondary N) is 1. The first-order valence-electron chi connectivity index (χ1n) is 8.35. The molecule has 0 atom stereocenters. The van der Waals surface area contributed by atoms with E-state index in [1.807, 2.05) is 25.2 Å². The fraction of sp³-hybridized carbons (Fsp3) is 0.211. The number of methoxy groups -OCH3 is 1. The number of benzene rings is 2. The van der Waals surface area contributed by atoms with Gasteiger partial charge in [-0.05, 0) is 49.5 Å². The first kappa shape index (κ1) is 20.4. The minimum absolute atomic E-state index is 0.257. The maximum Gasteiger partial charge on any atom is 0.286 e. The van der Waals surface area contributed by atoms with Crippen LogP contribution in [0, 0.1) is 5.82 Å². The fourth-order valence-corrected chi connectivity index (χ4v) is 3.80. The number of carbonyl (C=O) groups excluding carboxylic acids is 1. The highest BCUT2D eigenvalue weighted by atomic mass is 79.9. The third kappa shape index (κ3) is 5.34. The minimum atomic E-state index is -0.369. The third-order valence-corrected chi connectivity index (χ3v) is 5.25. The number of hydrogen-bond donors (Lipinski definition) is 1. The van der Waals surface area contributed by atoms with Crippen molar-refractivity contribution < 1.29 is 13.9 Å². The molecule has 1 N–H and O–H groups in total. The molecule has 0 spiro atoms. The smallest absolute Gasteiger partial charge is 0.286 e. The molecule has 1 amide bonds. The SMILES string of the molecule is COc1ccc(Br)cc1CN(C)Cc1nnc(C(=O)Nc2ccc(F)cc2)s1. The summed E-state index contributed by atoms with van der Waals surface area (Å²) < 4.78 is 19.3. The molecule has 0 unspecified atom stereocenters. The van der Waals surface area contributed by atoms with Gasteiger partial charge < -0.3 is 10.1 Å². The Morgan fingerprint density at radius 2 is 1.96 bits per heavy atom. The number of aromatic nitrogens is 2. The number of carbonyl (C=O) groups is 1. The maximum absolute atomic E-state index is 12.9. The van der Waals surface area contributed by atoms with E-state index in [2.05, 4.69) is 36.3 Å². The number of hydrogen-bond acceptors (Lipinski definition) is 6. The van der Waals surface area contributed by atoms with Crippen LogP contribution < -0.4 is 10.1 Å². The summed E-state index contributed by atoms with van der Waals surface area (Å²) in [5.41, 5.74) is 1.54. The first-order chi connectivity index (χ1) is 13.4. The van der Waals surface area contributed by atoms with Gasteiger partial charge in [-0.1, -0.05) is 27.3 Å². The first-order valence-corrected chi connectivity index (χ1v) is 9.96. The topological polar surface area (TPSA) is 67.3 Å². The Labute approximate surface area is 174 Å². The second-order valence-corrected chi connectivity index (χ2v) is 8.07. The molecule has 0 aliphatic rings. The standard InChI is InChI=1S/C19H18BrFN4O2S/c1-25(10-12-9-13(20)3-8-16(12)27-2)11-17-23-24-19(28-17)18(26)22-15-6-4-14(21)5-7-15/h3-9H,10-11H2,1-2H3,(H,22,26). The third-order valence-electron chi connectivity index (χ3n) is 3.85. The number of rotatable bonds is 7. The normalized spacial score (nSPS) is 10.9. The maximum atomic E-state index is 12.9. The van der Waals surface area contributed by atoms with Crippen LogP contribution >= 0.6 is 27.3 Å². The molecule has 1 aromatic heterocycles. The van der Waals surface area contributed by atoms with Crippen molar-refractivity contribution in [3.05, 3.63) is 68.3 Å². The highest BCUT2D eigenvalue weighted by molar-refractivity contribution is 9.10. The van der Waals surface area contributed by atoms with Gasteiger partial charge in [0.2, 0.25) is 5.01 Å². The van der Waals surface area contributed by atoms with E-state index in [9.17, 15) is 9.18 Å². The van der Waals surface area contributed by atoms with E-state index < -0.39 is 0 Å². The zero-order chi connectivity index (χ0) is 20.1. The molecule has 0 aliphatic carbocycles. The molecular weight excluding hydrogens is 447 g/mol. The molecule has 6 nitrogen and oxygen atoms in total. The van der Waals surface area contributed by atoms with E-state index >= 15 is 0 Å². The number of nitrogens with zero attached hydrogens (tertiary/aromatic N) is 3. The van der Waals surface area contributed by atoms with E-state index in [0.717, 1.165) is 20.8 Å². The molecule has 3 aromatic rings. The highest BCUT2D eigenvalue weighted by Crippen LogP contribution is 2.25. The molecule has 0 bridgehead atoms. The summed E-state index contributed by atoms with van der Waals surface area (Å²) in [6.45, 7) is 1.19. The fourth-order valence-electron chi connectivity index (χ4n) is 2.58. The van der Waals surface area contributed by atoms with Gasteiger partial charge in [0.15, 0.2) is 0 Å². The summed E-state index contributed by atoms with van der Waals surface area (Å²) in [5, 5.41) is 11.7. The summed E-state index contributed by atoms with van der Waals surface area (Å²) in [7, 11) is 3.60. The number of amides is 1. The quantitative estimate of drug-likeness (QED) is 0.563. The van der Waals surface area contributed by atoms with Gasteiger partial charge >= 0.3 is 0 Å². The molecule has 0 saturated heterocycles. The Morgan fingerprint density at radius 1 is 1.21 bits per heavy atom. The van der Waals surface area contributed by atoms with Gasteiger partial charge in [0, 0.05) is 22.3 Å². The molecule has 28 heavy (non-hydrogen) atoms. The highest BCUT2D eigenvalue weighted by Gasteiger charge is 2.15.